The highest BCUT2D eigenvalue weighted by Gasteiger charge is 2.17. The lowest BCUT2D eigenvalue weighted by molar-refractivity contribution is -0.385. The summed E-state index contributed by atoms with van der Waals surface area (Å²) in [6, 6.07) is 10.8. The van der Waals surface area contributed by atoms with Gasteiger partial charge in [0, 0.05) is 11.1 Å². The van der Waals surface area contributed by atoms with Crippen LogP contribution in [0.2, 0.25) is 5.02 Å². The summed E-state index contributed by atoms with van der Waals surface area (Å²) in [4.78, 5) is 23.6. The number of hydrazine groups is 1. The van der Waals surface area contributed by atoms with Gasteiger partial charge in [-0.25, -0.2) is 8.42 Å². The van der Waals surface area contributed by atoms with Crippen molar-refractivity contribution in [2.75, 3.05) is 6.61 Å². The summed E-state index contributed by atoms with van der Waals surface area (Å²) in [5.41, 5.74) is 1.64. The smallest absolute Gasteiger partial charge is 0.310 e. The number of sulfonamides is 1. The third kappa shape index (κ3) is 5.14. The third-order valence-corrected chi connectivity index (χ3v) is 4.39. The molecule has 0 heterocycles. The molecule has 1 amide bonds. The molecule has 132 valence electrons. The second kappa shape index (κ2) is 7.92. The summed E-state index contributed by atoms with van der Waals surface area (Å²) in [5.74, 6) is -0.945. The Hall–Kier alpha value is -2.69. The molecule has 0 aromatic heterocycles. The normalized spacial score (nSPS) is 10.9. The molecule has 0 unspecified atom stereocenters. The van der Waals surface area contributed by atoms with Gasteiger partial charge in [-0.3, -0.25) is 20.3 Å². The van der Waals surface area contributed by atoms with Gasteiger partial charge < -0.3 is 4.74 Å². The molecule has 0 spiro atoms. The summed E-state index contributed by atoms with van der Waals surface area (Å²) < 4.78 is 29.0. The first kappa shape index (κ1) is 18.6. The number of ether oxygens (including phenoxy) is 1. The van der Waals surface area contributed by atoms with Crippen molar-refractivity contribution in [3.8, 4) is 5.75 Å². The molecule has 0 aliphatic carbocycles. The van der Waals surface area contributed by atoms with E-state index in [-0.39, 0.29) is 16.3 Å². The molecule has 0 atom stereocenters. The van der Waals surface area contributed by atoms with Crippen molar-refractivity contribution in [1.82, 2.24) is 10.3 Å². The molecule has 0 bridgehead atoms. The minimum atomic E-state index is -3.98. The molecule has 25 heavy (non-hydrogen) atoms. The number of nitro benzene ring substituents is 1. The molecule has 2 N–H and O–H groups in total. The Balaban J connectivity index is 1.93. The summed E-state index contributed by atoms with van der Waals surface area (Å²) in [6.07, 6.45) is 0. The van der Waals surface area contributed by atoms with Gasteiger partial charge in [-0.1, -0.05) is 23.7 Å². The van der Waals surface area contributed by atoms with Crippen molar-refractivity contribution in [1.29, 1.82) is 0 Å². The summed E-state index contributed by atoms with van der Waals surface area (Å²) >= 11 is 5.67. The first-order chi connectivity index (χ1) is 11.8. The van der Waals surface area contributed by atoms with Crippen molar-refractivity contribution in [2.45, 2.75) is 4.90 Å². The summed E-state index contributed by atoms with van der Waals surface area (Å²) in [7, 11) is -3.98. The number of carbonyl (C=O) groups is 1. The van der Waals surface area contributed by atoms with Crippen LogP contribution in [0.5, 0.6) is 5.75 Å². The predicted octanol–water partition coefficient (Wildman–Crippen LogP) is 1.64. The Bertz CT molecular complexity index is 886. The Morgan fingerprint density at radius 1 is 1.16 bits per heavy atom. The highest BCUT2D eigenvalue weighted by Crippen LogP contribution is 2.25. The zero-order valence-corrected chi connectivity index (χ0v) is 14.1. The minimum Gasteiger partial charge on any atom is -0.477 e. The SMILES string of the molecule is O=C(COc1ccccc1[N+](=O)[O-])NNS(=O)(=O)c1ccc(Cl)cc1. The minimum absolute atomic E-state index is 0.100. The number of nitrogens with zero attached hydrogens (tertiary/aromatic N) is 1. The zero-order valence-electron chi connectivity index (χ0n) is 12.5. The number of halogens is 1. The number of nitro groups is 1. The van der Waals surface area contributed by atoms with Gasteiger partial charge in [-0.2, -0.15) is 0 Å². The van der Waals surface area contributed by atoms with E-state index in [2.05, 4.69) is 0 Å². The predicted molar refractivity (Wildman–Crippen MR) is 88.5 cm³/mol. The van der Waals surface area contributed by atoms with Crippen LogP contribution in [0.1, 0.15) is 0 Å². The van der Waals surface area contributed by atoms with Crippen LogP contribution < -0.4 is 15.0 Å². The molecule has 0 saturated heterocycles. The van der Waals surface area contributed by atoms with E-state index in [4.69, 9.17) is 16.3 Å². The van der Waals surface area contributed by atoms with E-state index in [0.29, 0.717) is 5.02 Å². The van der Waals surface area contributed by atoms with Gasteiger partial charge in [0.05, 0.1) is 9.82 Å². The van der Waals surface area contributed by atoms with Crippen LogP contribution in [0.4, 0.5) is 5.69 Å². The number of amides is 1. The first-order valence-corrected chi connectivity index (χ1v) is 8.58. The lowest BCUT2D eigenvalue weighted by Gasteiger charge is -2.09. The quantitative estimate of drug-likeness (QED) is 0.550. The van der Waals surface area contributed by atoms with Gasteiger partial charge >= 0.3 is 5.69 Å². The van der Waals surface area contributed by atoms with Gasteiger partial charge in [0.25, 0.3) is 15.9 Å². The molecule has 0 saturated carbocycles. The second-order valence-corrected chi connectivity index (χ2v) is 6.74. The van der Waals surface area contributed by atoms with Crippen LogP contribution in [0, 0.1) is 10.1 Å². The van der Waals surface area contributed by atoms with E-state index in [1.165, 1.54) is 48.5 Å². The second-order valence-electron chi connectivity index (χ2n) is 4.62. The topological polar surface area (TPSA) is 128 Å². The first-order valence-electron chi connectivity index (χ1n) is 6.72. The van der Waals surface area contributed by atoms with Gasteiger partial charge in [-0.15, -0.1) is 4.83 Å². The lowest BCUT2D eigenvalue weighted by atomic mass is 10.3. The summed E-state index contributed by atoms with van der Waals surface area (Å²) in [5, 5.41) is 11.2. The molecular formula is C14H12ClN3O6S. The molecule has 2 rings (SSSR count). The van der Waals surface area contributed by atoms with Crippen LogP contribution in [-0.4, -0.2) is 25.9 Å². The highest BCUT2D eigenvalue weighted by molar-refractivity contribution is 7.89. The van der Waals surface area contributed by atoms with Crippen LogP contribution in [0.3, 0.4) is 0 Å². The Morgan fingerprint density at radius 3 is 2.44 bits per heavy atom. The average Bonchev–Trinajstić information content (AvgIpc) is 2.59. The Kier molecular flexibility index (Phi) is 5.91. The molecular weight excluding hydrogens is 374 g/mol. The molecule has 0 aliphatic heterocycles. The van der Waals surface area contributed by atoms with Crippen molar-refractivity contribution >= 4 is 33.2 Å². The zero-order chi connectivity index (χ0) is 18.4. The number of hydrogen-bond acceptors (Lipinski definition) is 6. The van der Waals surface area contributed by atoms with Crippen LogP contribution in [-0.2, 0) is 14.8 Å². The summed E-state index contributed by atoms with van der Waals surface area (Å²) in [6.45, 7) is -0.617. The largest absolute Gasteiger partial charge is 0.477 e. The highest BCUT2D eigenvalue weighted by atomic mass is 35.5. The van der Waals surface area contributed by atoms with E-state index in [9.17, 15) is 23.3 Å². The maximum absolute atomic E-state index is 12.0. The fourth-order valence-electron chi connectivity index (χ4n) is 1.71. The molecule has 11 heteroatoms. The van der Waals surface area contributed by atoms with Gasteiger partial charge in [0.1, 0.15) is 0 Å². The van der Waals surface area contributed by atoms with Gasteiger partial charge in [0.2, 0.25) is 0 Å². The molecule has 2 aromatic carbocycles. The number of rotatable bonds is 7. The number of carbonyl (C=O) groups excluding carboxylic acids is 1. The number of nitrogens with one attached hydrogen (secondary N) is 2. The van der Waals surface area contributed by atoms with E-state index in [0.717, 1.165) is 0 Å². The van der Waals surface area contributed by atoms with Gasteiger partial charge in [-0.05, 0) is 30.3 Å². The van der Waals surface area contributed by atoms with E-state index in [1.54, 1.807) is 0 Å². The van der Waals surface area contributed by atoms with Crippen LogP contribution in [0.25, 0.3) is 0 Å². The van der Waals surface area contributed by atoms with E-state index < -0.39 is 27.5 Å². The fourth-order valence-corrected chi connectivity index (χ4v) is 2.69. The molecule has 2 aromatic rings. The lowest BCUT2D eigenvalue weighted by Crippen LogP contribution is -2.43. The molecule has 0 fully saturated rings. The van der Waals surface area contributed by atoms with Gasteiger partial charge in [0.15, 0.2) is 12.4 Å². The van der Waals surface area contributed by atoms with Crippen molar-refractivity contribution in [3.63, 3.8) is 0 Å². The molecule has 0 radical (unpaired) electrons. The number of benzene rings is 2. The van der Waals surface area contributed by atoms with Crippen LogP contribution in [0.15, 0.2) is 53.4 Å². The Labute approximate surface area is 147 Å². The maximum atomic E-state index is 12.0. The number of hydrogen-bond donors (Lipinski definition) is 2. The fraction of sp³-hybridized carbons (Fsp3) is 0.0714. The molecule has 0 aliphatic rings. The number of para-hydroxylation sites is 2. The third-order valence-electron chi connectivity index (χ3n) is 2.87. The van der Waals surface area contributed by atoms with E-state index >= 15 is 0 Å². The standard InChI is InChI=1S/C14H12ClN3O6S/c15-10-5-7-11(8-6-10)25(22,23)17-16-14(19)9-24-13-4-2-1-3-12(13)18(20)21/h1-8,17H,9H2,(H,16,19). The maximum Gasteiger partial charge on any atom is 0.310 e. The molecule has 9 nitrogen and oxygen atoms in total. The van der Waals surface area contributed by atoms with Crippen molar-refractivity contribution in [3.05, 3.63) is 63.7 Å². The van der Waals surface area contributed by atoms with Crippen molar-refractivity contribution < 1.29 is 22.9 Å². The van der Waals surface area contributed by atoms with Crippen molar-refractivity contribution in [2.24, 2.45) is 0 Å². The van der Waals surface area contributed by atoms with E-state index in [1.807, 2.05) is 10.3 Å². The monoisotopic (exact) mass is 385 g/mol. The average molecular weight is 386 g/mol. The Morgan fingerprint density at radius 2 is 1.80 bits per heavy atom. The van der Waals surface area contributed by atoms with Crippen LogP contribution >= 0.6 is 11.6 Å².